The van der Waals surface area contributed by atoms with E-state index >= 15 is 0 Å². The van der Waals surface area contributed by atoms with E-state index in [1.54, 1.807) is 0 Å². The SMILES string of the molecule is CCC(N1CCN(c2ccc(Cl)cc2)CC1)N1C(=O)CCCC1=O. The van der Waals surface area contributed by atoms with Crippen molar-refractivity contribution in [3.8, 4) is 0 Å². The first-order valence-corrected chi connectivity index (χ1v) is 9.07. The predicted molar refractivity (Wildman–Crippen MR) is 95.0 cm³/mol. The molecule has 2 saturated heterocycles. The fourth-order valence-corrected chi connectivity index (χ4v) is 3.76. The molecule has 0 spiro atoms. The molecule has 2 amide bonds. The Hall–Kier alpha value is -1.59. The van der Waals surface area contributed by atoms with Gasteiger partial charge in [0.25, 0.3) is 0 Å². The van der Waals surface area contributed by atoms with Gasteiger partial charge in [0.05, 0.1) is 6.17 Å². The molecule has 0 aliphatic carbocycles. The summed E-state index contributed by atoms with van der Waals surface area (Å²) in [7, 11) is 0. The average molecular weight is 350 g/mol. The Morgan fingerprint density at radius 3 is 2.12 bits per heavy atom. The Morgan fingerprint density at radius 1 is 1.00 bits per heavy atom. The van der Waals surface area contributed by atoms with Crippen molar-refractivity contribution in [1.82, 2.24) is 9.80 Å². The standard InChI is InChI=1S/C18H24ClN3O2/c1-2-16(22-17(23)4-3-5-18(22)24)21-12-10-20(11-13-21)15-8-6-14(19)7-9-15/h6-9,16H,2-5,10-13H2,1H3. The maximum atomic E-state index is 12.2. The van der Waals surface area contributed by atoms with Gasteiger partial charge in [-0.3, -0.25) is 19.4 Å². The molecule has 0 aromatic heterocycles. The maximum Gasteiger partial charge on any atom is 0.230 e. The number of carbonyl (C=O) groups excluding carboxylic acids is 2. The van der Waals surface area contributed by atoms with Crippen LogP contribution in [0.1, 0.15) is 32.6 Å². The molecule has 3 rings (SSSR count). The maximum absolute atomic E-state index is 12.2. The van der Waals surface area contributed by atoms with Crippen LogP contribution in [0.5, 0.6) is 0 Å². The Kier molecular flexibility index (Phi) is 5.41. The number of halogens is 1. The Bertz CT molecular complexity index is 581. The number of likely N-dealkylation sites (tertiary alicyclic amines) is 1. The van der Waals surface area contributed by atoms with Crippen molar-refractivity contribution >= 4 is 29.1 Å². The molecule has 24 heavy (non-hydrogen) atoms. The second kappa shape index (κ2) is 7.53. The zero-order valence-corrected chi connectivity index (χ0v) is 14.8. The molecule has 1 aromatic carbocycles. The molecule has 1 atom stereocenters. The summed E-state index contributed by atoms with van der Waals surface area (Å²) in [6, 6.07) is 7.88. The van der Waals surface area contributed by atoms with Gasteiger partial charge >= 0.3 is 0 Å². The third-order valence-corrected chi connectivity index (χ3v) is 5.16. The van der Waals surface area contributed by atoms with E-state index in [4.69, 9.17) is 11.6 Å². The normalized spacial score (nSPS) is 21.2. The van der Waals surface area contributed by atoms with Gasteiger partial charge in [0.1, 0.15) is 0 Å². The topological polar surface area (TPSA) is 43.9 Å². The van der Waals surface area contributed by atoms with Crippen LogP contribution in [0.15, 0.2) is 24.3 Å². The molecule has 1 unspecified atom stereocenters. The minimum Gasteiger partial charge on any atom is -0.369 e. The number of piperidine rings is 1. The lowest BCUT2D eigenvalue weighted by molar-refractivity contribution is -0.156. The van der Waals surface area contributed by atoms with Gasteiger partial charge < -0.3 is 4.90 Å². The average Bonchev–Trinajstić information content (AvgIpc) is 2.59. The summed E-state index contributed by atoms with van der Waals surface area (Å²) in [6.07, 6.45) is 2.35. The van der Waals surface area contributed by atoms with Crippen LogP contribution in [0, 0.1) is 0 Å². The van der Waals surface area contributed by atoms with Gasteiger partial charge in [-0.2, -0.15) is 0 Å². The number of benzene rings is 1. The summed E-state index contributed by atoms with van der Waals surface area (Å²) in [6.45, 7) is 5.50. The van der Waals surface area contributed by atoms with E-state index in [1.807, 2.05) is 31.2 Å². The fourth-order valence-electron chi connectivity index (χ4n) is 3.64. The lowest BCUT2D eigenvalue weighted by Gasteiger charge is -2.44. The first-order chi connectivity index (χ1) is 11.6. The Morgan fingerprint density at radius 2 is 1.58 bits per heavy atom. The number of rotatable bonds is 4. The van der Waals surface area contributed by atoms with Gasteiger partial charge in [-0.25, -0.2) is 0 Å². The first-order valence-electron chi connectivity index (χ1n) is 8.69. The molecular formula is C18H24ClN3O2. The van der Waals surface area contributed by atoms with E-state index < -0.39 is 0 Å². The highest BCUT2D eigenvalue weighted by Crippen LogP contribution is 2.23. The van der Waals surface area contributed by atoms with Crippen molar-refractivity contribution in [2.75, 3.05) is 31.1 Å². The van der Waals surface area contributed by atoms with E-state index in [0.717, 1.165) is 43.3 Å². The van der Waals surface area contributed by atoms with Gasteiger partial charge in [0, 0.05) is 49.7 Å². The van der Waals surface area contributed by atoms with Crippen molar-refractivity contribution in [1.29, 1.82) is 0 Å². The van der Waals surface area contributed by atoms with E-state index in [0.29, 0.717) is 19.3 Å². The second-order valence-electron chi connectivity index (χ2n) is 6.40. The highest BCUT2D eigenvalue weighted by Gasteiger charge is 2.35. The van der Waals surface area contributed by atoms with Gasteiger partial charge in [-0.05, 0) is 37.1 Å². The van der Waals surface area contributed by atoms with Gasteiger partial charge in [-0.15, -0.1) is 0 Å². The molecule has 5 nitrogen and oxygen atoms in total. The molecule has 1 aromatic rings. The lowest BCUT2D eigenvalue weighted by Crippen LogP contribution is -2.59. The smallest absolute Gasteiger partial charge is 0.230 e. The van der Waals surface area contributed by atoms with E-state index in [2.05, 4.69) is 9.80 Å². The summed E-state index contributed by atoms with van der Waals surface area (Å²) in [5, 5.41) is 0.741. The van der Waals surface area contributed by atoms with Crippen LogP contribution in [-0.4, -0.2) is 54.0 Å². The molecule has 0 radical (unpaired) electrons. The van der Waals surface area contributed by atoms with Crippen LogP contribution in [-0.2, 0) is 9.59 Å². The number of anilines is 1. The third kappa shape index (κ3) is 3.57. The molecule has 0 N–H and O–H groups in total. The van der Waals surface area contributed by atoms with Crippen LogP contribution >= 0.6 is 11.6 Å². The van der Waals surface area contributed by atoms with Crippen molar-refractivity contribution in [2.45, 2.75) is 38.8 Å². The summed E-state index contributed by atoms with van der Waals surface area (Å²) in [5.74, 6) is -0.0311. The van der Waals surface area contributed by atoms with Gasteiger partial charge in [0.2, 0.25) is 11.8 Å². The minimum absolute atomic E-state index is 0.0155. The van der Waals surface area contributed by atoms with Crippen molar-refractivity contribution in [2.24, 2.45) is 0 Å². The van der Waals surface area contributed by atoms with Crippen molar-refractivity contribution in [3.63, 3.8) is 0 Å². The number of amides is 2. The summed E-state index contributed by atoms with van der Waals surface area (Å²) in [4.78, 5) is 30.5. The number of hydrogen-bond donors (Lipinski definition) is 0. The summed E-state index contributed by atoms with van der Waals surface area (Å²) < 4.78 is 0. The number of nitrogens with zero attached hydrogens (tertiary/aromatic N) is 3. The molecule has 2 aliphatic rings. The first kappa shape index (κ1) is 17.2. The van der Waals surface area contributed by atoms with Crippen molar-refractivity contribution in [3.05, 3.63) is 29.3 Å². The number of piperazine rings is 1. The van der Waals surface area contributed by atoms with Gasteiger partial charge in [0.15, 0.2) is 0 Å². The van der Waals surface area contributed by atoms with E-state index in [9.17, 15) is 9.59 Å². The monoisotopic (exact) mass is 349 g/mol. The summed E-state index contributed by atoms with van der Waals surface area (Å²) >= 11 is 5.95. The fraction of sp³-hybridized carbons (Fsp3) is 0.556. The van der Waals surface area contributed by atoms with Crippen LogP contribution < -0.4 is 4.90 Å². The number of carbonyl (C=O) groups is 2. The quantitative estimate of drug-likeness (QED) is 0.784. The van der Waals surface area contributed by atoms with Crippen LogP contribution in [0.25, 0.3) is 0 Å². The predicted octanol–water partition coefficient (Wildman–Crippen LogP) is 2.74. The third-order valence-electron chi connectivity index (χ3n) is 4.91. The number of hydrogen-bond acceptors (Lipinski definition) is 4. The molecule has 0 bridgehead atoms. The molecule has 2 heterocycles. The Labute approximate surface area is 148 Å². The second-order valence-corrected chi connectivity index (χ2v) is 6.84. The highest BCUT2D eigenvalue weighted by molar-refractivity contribution is 6.30. The molecule has 130 valence electrons. The minimum atomic E-state index is -0.0994. The van der Waals surface area contributed by atoms with Crippen molar-refractivity contribution < 1.29 is 9.59 Å². The highest BCUT2D eigenvalue weighted by atomic mass is 35.5. The van der Waals surface area contributed by atoms with E-state index in [1.165, 1.54) is 4.90 Å². The van der Waals surface area contributed by atoms with E-state index in [-0.39, 0.29) is 18.0 Å². The lowest BCUT2D eigenvalue weighted by atomic mass is 10.1. The molecule has 2 aliphatic heterocycles. The molecule has 0 saturated carbocycles. The molecule has 6 heteroatoms. The zero-order chi connectivity index (χ0) is 17.1. The zero-order valence-electron chi connectivity index (χ0n) is 14.1. The van der Waals surface area contributed by atoms with Crippen LogP contribution in [0.2, 0.25) is 5.02 Å². The van der Waals surface area contributed by atoms with Crippen LogP contribution in [0.4, 0.5) is 5.69 Å². The molecule has 2 fully saturated rings. The number of imide groups is 1. The Balaban J connectivity index is 1.65. The van der Waals surface area contributed by atoms with Crippen LogP contribution in [0.3, 0.4) is 0 Å². The van der Waals surface area contributed by atoms with Gasteiger partial charge in [-0.1, -0.05) is 18.5 Å². The molecular weight excluding hydrogens is 326 g/mol. The summed E-state index contributed by atoms with van der Waals surface area (Å²) in [5.41, 5.74) is 1.16. The largest absolute Gasteiger partial charge is 0.369 e.